The summed E-state index contributed by atoms with van der Waals surface area (Å²) < 4.78 is 0. The minimum absolute atomic E-state index is 0.256. The smallest absolute Gasteiger partial charge is 0.315 e. The highest BCUT2D eigenvalue weighted by Crippen LogP contribution is 2.38. The van der Waals surface area contributed by atoms with Crippen LogP contribution in [0.1, 0.15) is 39.0 Å². The van der Waals surface area contributed by atoms with Gasteiger partial charge in [0.2, 0.25) is 0 Å². The van der Waals surface area contributed by atoms with Gasteiger partial charge in [-0.05, 0) is 39.7 Å². The van der Waals surface area contributed by atoms with Crippen LogP contribution in [-0.2, 0) is 4.79 Å². The van der Waals surface area contributed by atoms with Gasteiger partial charge in [-0.2, -0.15) is 0 Å². The maximum atomic E-state index is 11.8. The molecule has 114 valence electrons. The number of hydrogen-bond acceptors (Lipinski definition) is 3. The Kier molecular flexibility index (Phi) is 4.52. The molecule has 0 heterocycles. The summed E-state index contributed by atoms with van der Waals surface area (Å²) in [7, 11) is 2.07. The first-order valence-electron chi connectivity index (χ1n) is 7.41. The van der Waals surface area contributed by atoms with E-state index < -0.39 is 11.4 Å². The number of likely N-dealkylation sites (N-methyl/N-ethyl adjacent to an activating group) is 1. The normalized spacial score (nSPS) is 29.4. The second-order valence-electron chi connectivity index (χ2n) is 6.28. The van der Waals surface area contributed by atoms with Crippen LogP contribution in [0, 0.1) is 5.41 Å². The van der Waals surface area contributed by atoms with E-state index in [1.165, 1.54) is 12.8 Å². The number of amides is 2. The summed E-state index contributed by atoms with van der Waals surface area (Å²) in [5.41, 5.74) is -0.831. The zero-order valence-corrected chi connectivity index (χ0v) is 12.3. The number of nitrogens with one attached hydrogen (secondary N) is 2. The first kappa shape index (κ1) is 15.1. The van der Waals surface area contributed by atoms with Crippen molar-refractivity contribution in [1.82, 2.24) is 15.5 Å². The summed E-state index contributed by atoms with van der Waals surface area (Å²) in [4.78, 5) is 25.4. The van der Waals surface area contributed by atoms with E-state index in [9.17, 15) is 14.7 Å². The number of carboxylic acid groups (broad SMARTS) is 1. The SMILES string of the molecule is CN(CCNC(=O)NC1CCCC1(C)C(=O)O)C1CC1. The predicted molar refractivity (Wildman–Crippen MR) is 75.6 cm³/mol. The Hall–Kier alpha value is -1.30. The van der Waals surface area contributed by atoms with Crippen molar-refractivity contribution in [3.63, 3.8) is 0 Å². The van der Waals surface area contributed by atoms with Gasteiger partial charge in [-0.3, -0.25) is 4.79 Å². The van der Waals surface area contributed by atoms with Crippen molar-refractivity contribution in [1.29, 1.82) is 0 Å². The Balaban J connectivity index is 1.72. The lowest BCUT2D eigenvalue weighted by atomic mass is 9.85. The number of nitrogens with zero attached hydrogens (tertiary/aromatic N) is 1. The fourth-order valence-corrected chi connectivity index (χ4v) is 2.91. The fraction of sp³-hybridized carbons (Fsp3) is 0.857. The van der Waals surface area contributed by atoms with Crippen LogP contribution >= 0.6 is 0 Å². The Morgan fingerprint density at radius 1 is 1.35 bits per heavy atom. The third kappa shape index (κ3) is 3.42. The average Bonchev–Trinajstić information content (AvgIpc) is 3.16. The van der Waals surface area contributed by atoms with Gasteiger partial charge in [0.05, 0.1) is 5.41 Å². The molecule has 2 atom stereocenters. The monoisotopic (exact) mass is 283 g/mol. The third-order valence-corrected chi connectivity index (χ3v) is 4.67. The minimum atomic E-state index is -0.831. The van der Waals surface area contributed by atoms with E-state index in [1.807, 2.05) is 0 Å². The molecule has 0 bridgehead atoms. The molecule has 6 heteroatoms. The van der Waals surface area contributed by atoms with Gasteiger partial charge in [-0.25, -0.2) is 4.79 Å². The molecule has 0 saturated heterocycles. The Bertz CT molecular complexity index is 384. The number of carboxylic acids is 1. The van der Waals surface area contributed by atoms with Gasteiger partial charge in [0, 0.05) is 25.2 Å². The van der Waals surface area contributed by atoms with Crippen LogP contribution in [0.3, 0.4) is 0 Å². The summed E-state index contributed by atoms with van der Waals surface area (Å²) in [5, 5.41) is 14.9. The summed E-state index contributed by atoms with van der Waals surface area (Å²) in [6.07, 6.45) is 4.71. The summed E-state index contributed by atoms with van der Waals surface area (Å²) in [6, 6.07) is 0.153. The number of carbonyl (C=O) groups excluding carboxylic acids is 1. The molecule has 0 aromatic rings. The molecule has 2 rings (SSSR count). The van der Waals surface area contributed by atoms with Crippen LogP contribution < -0.4 is 10.6 Å². The minimum Gasteiger partial charge on any atom is -0.481 e. The van der Waals surface area contributed by atoms with E-state index >= 15 is 0 Å². The molecule has 6 nitrogen and oxygen atoms in total. The Morgan fingerprint density at radius 2 is 2.05 bits per heavy atom. The number of hydrogen-bond donors (Lipinski definition) is 3. The second-order valence-corrected chi connectivity index (χ2v) is 6.28. The molecule has 0 radical (unpaired) electrons. The van der Waals surface area contributed by atoms with E-state index in [2.05, 4.69) is 22.6 Å². The van der Waals surface area contributed by atoms with Crippen LogP contribution in [-0.4, -0.2) is 54.2 Å². The number of aliphatic carboxylic acids is 1. The molecule has 0 aromatic carbocycles. The van der Waals surface area contributed by atoms with Gasteiger partial charge >= 0.3 is 12.0 Å². The van der Waals surface area contributed by atoms with E-state index in [0.29, 0.717) is 19.0 Å². The van der Waals surface area contributed by atoms with Crippen molar-refractivity contribution in [2.24, 2.45) is 5.41 Å². The largest absolute Gasteiger partial charge is 0.481 e. The molecule has 0 aromatic heterocycles. The lowest BCUT2D eigenvalue weighted by Gasteiger charge is -2.27. The van der Waals surface area contributed by atoms with Crippen molar-refractivity contribution >= 4 is 12.0 Å². The first-order valence-corrected chi connectivity index (χ1v) is 7.41. The fourth-order valence-electron chi connectivity index (χ4n) is 2.91. The molecular weight excluding hydrogens is 258 g/mol. The van der Waals surface area contributed by atoms with E-state index in [0.717, 1.165) is 19.4 Å². The Morgan fingerprint density at radius 3 is 2.65 bits per heavy atom. The van der Waals surface area contributed by atoms with Crippen LogP contribution in [0.15, 0.2) is 0 Å². The Labute approximate surface area is 119 Å². The molecule has 0 aliphatic heterocycles. The van der Waals surface area contributed by atoms with E-state index in [-0.39, 0.29) is 12.1 Å². The van der Waals surface area contributed by atoms with Crippen LogP contribution in [0.2, 0.25) is 0 Å². The zero-order chi connectivity index (χ0) is 14.8. The summed E-state index contributed by atoms with van der Waals surface area (Å²) in [6.45, 7) is 3.14. The first-order chi connectivity index (χ1) is 9.43. The van der Waals surface area contributed by atoms with E-state index in [4.69, 9.17) is 0 Å². The topological polar surface area (TPSA) is 81.7 Å². The van der Waals surface area contributed by atoms with Crippen molar-refractivity contribution < 1.29 is 14.7 Å². The van der Waals surface area contributed by atoms with Crippen LogP contribution in [0.5, 0.6) is 0 Å². The van der Waals surface area contributed by atoms with Gasteiger partial charge in [0.25, 0.3) is 0 Å². The number of carbonyl (C=O) groups is 2. The van der Waals surface area contributed by atoms with Crippen molar-refractivity contribution in [2.45, 2.75) is 51.1 Å². The van der Waals surface area contributed by atoms with Crippen molar-refractivity contribution in [2.75, 3.05) is 20.1 Å². The molecule has 20 heavy (non-hydrogen) atoms. The molecule has 2 fully saturated rings. The van der Waals surface area contributed by atoms with Crippen molar-refractivity contribution in [3.05, 3.63) is 0 Å². The highest BCUT2D eigenvalue weighted by molar-refractivity contribution is 5.79. The molecule has 3 N–H and O–H groups in total. The molecule has 2 aliphatic rings. The van der Waals surface area contributed by atoms with E-state index in [1.54, 1.807) is 6.92 Å². The van der Waals surface area contributed by atoms with Crippen LogP contribution in [0.25, 0.3) is 0 Å². The molecule has 2 unspecified atom stereocenters. The summed E-state index contributed by atoms with van der Waals surface area (Å²) in [5.74, 6) is -0.825. The van der Waals surface area contributed by atoms with Gasteiger partial charge in [0.1, 0.15) is 0 Å². The number of urea groups is 1. The van der Waals surface area contributed by atoms with Gasteiger partial charge in [0.15, 0.2) is 0 Å². The van der Waals surface area contributed by atoms with Crippen LogP contribution in [0.4, 0.5) is 4.79 Å². The molecule has 2 amide bonds. The highest BCUT2D eigenvalue weighted by atomic mass is 16.4. The molecule has 0 spiro atoms. The number of rotatable bonds is 6. The molecule has 2 aliphatic carbocycles. The van der Waals surface area contributed by atoms with Gasteiger partial charge in [-0.1, -0.05) is 6.42 Å². The average molecular weight is 283 g/mol. The lowest BCUT2D eigenvalue weighted by Crippen LogP contribution is -2.51. The predicted octanol–water partition coefficient (Wildman–Crippen LogP) is 1.02. The lowest BCUT2D eigenvalue weighted by molar-refractivity contribution is -0.148. The van der Waals surface area contributed by atoms with Crippen molar-refractivity contribution in [3.8, 4) is 0 Å². The molecular formula is C14H25N3O3. The maximum absolute atomic E-state index is 11.8. The molecule has 2 saturated carbocycles. The third-order valence-electron chi connectivity index (χ3n) is 4.67. The highest BCUT2D eigenvalue weighted by Gasteiger charge is 2.45. The van der Waals surface area contributed by atoms with Gasteiger partial charge in [-0.15, -0.1) is 0 Å². The van der Waals surface area contributed by atoms with Gasteiger partial charge < -0.3 is 20.6 Å². The zero-order valence-electron chi connectivity index (χ0n) is 12.3. The summed E-state index contributed by atoms with van der Waals surface area (Å²) >= 11 is 0. The quantitative estimate of drug-likeness (QED) is 0.680. The standard InChI is InChI=1S/C14H25N3O3/c1-14(12(18)19)7-3-4-11(14)16-13(20)15-8-9-17(2)10-5-6-10/h10-11H,3-9H2,1-2H3,(H,18,19)(H2,15,16,20). The maximum Gasteiger partial charge on any atom is 0.315 e. The second kappa shape index (κ2) is 5.99.